The summed E-state index contributed by atoms with van der Waals surface area (Å²) in [6.07, 6.45) is 1.49. The highest BCUT2D eigenvalue weighted by Gasteiger charge is 2.31. The molecule has 0 saturated heterocycles. The molecule has 0 radical (unpaired) electrons. The fourth-order valence-corrected chi connectivity index (χ4v) is 2.56. The van der Waals surface area contributed by atoms with Gasteiger partial charge in [-0.25, -0.2) is 4.79 Å². The second kappa shape index (κ2) is 7.76. The summed E-state index contributed by atoms with van der Waals surface area (Å²) >= 11 is 0. The van der Waals surface area contributed by atoms with E-state index in [4.69, 9.17) is 14.2 Å². The lowest BCUT2D eigenvalue weighted by Crippen LogP contribution is -2.30. The fraction of sp³-hybridized carbons (Fsp3) is 0.500. The minimum Gasteiger partial charge on any atom is -0.493 e. The molecule has 0 heterocycles. The van der Waals surface area contributed by atoms with E-state index in [9.17, 15) is 19.7 Å². The van der Waals surface area contributed by atoms with Crippen LogP contribution in [-0.2, 0) is 9.53 Å². The highest BCUT2D eigenvalue weighted by Crippen LogP contribution is 2.35. The first-order valence-electron chi connectivity index (χ1n) is 7.70. The molecule has 0 amide bonds. The number of nitrogens with zero attached hydrogens (tertiary/aromatic N) is 1. The summed E-state index contributed by atoms with van der Waals surface area (Å²) < 4.78 is 15.6. The van der Waals surface area contributed by atoms with Gasteiger partial charge in [0, 0.05) is 12.5 Å². The molecule has 0 aliphatic heterocycles. The van der Waals surface area contributed by atoms with E-state index in [1.165, 1.54) is 13.2 Å². The average Bonchev–Trinajstić information content (AvgIpc) is 2.56. The van der Waals surface area contributed by atoms with Crippen molar-refractivity contribution in [3.05, 3.63) is 27.8 Å². The molecular weight excluding hydrogens is 318 g/mol. The number of Topliss-reactive ketones (excluding diaryl/α,β-unsaturated/α-hetero) is 1. The molecule has 1 aliphatic rings. The molecule has 0 N–H and O–H groups in total. The van der Waals surface area contributed by atoms with Gasteiger partial charge in [-0.2, -0.15) is 0 Å². The van der Waals surface area contributed by atoms with Gasteiger partial charge in [0.1, 0.15) is 5.56 Å². The Kier molecular flexibility index (Phi) is 5.73. The van der Waals surface area contributed by atoms with Crippen molar-refractivity contribution in [2.75, 3.05) is 13.7 Å². The van der Waals surface area contributed by atoms with E-state index >= 15 is 0 Å². The molecule has 0 bridgehead atoms. The summed E-state index contributed by atoms with van der Waals surface area (Å²) in [7, 11) is 1.35. The molecule has 2 rings (SSSR count). The van der Waals surface area contributed by atoms with Crippen molar-refractivity contribution in [3.8, 4) is 11.5 Å². The number of hydrogen-bond donors (Lipinski definition) is 0. The van der Waals surface area contributed by atoms with Gasteiger partial charge in [-0.3, -0.25) is 14.9 Å². The SMILES string of the molecule is CCOc1cc(C(=O)O[C@@H]2CCCCC2=O)c([N+](=O)[O-])cc1OC. The third-order valence-corrected chi connectivity index (χ3v) is 3.75. The maximum Gasteiger partial charge on any atom is 0.346 e. The summed E-state index contributed by atoms with van der Waals surface area (Å²) in [6, 6.07) is 2.33. The number of ether oxygens (including phenoxy) is 3. The third kappa shape index (κ3) is 3.81. The topological polar surface area (TPSA) is 105 Å². The van der Waals surface area contributed by atoms with Gasteiger partial charge in [0.15, 0.2) is 23.4 Å². The van der Waals surface area contributed by atoms with Crippen LogP contribution in [-0.4, -0.2) is 36.5 Å². The van der Waals surface area contributed by atoms with Gasteiger partial charge in [0.05, 0.1) is 24.7 Å². The Morgan fingerprint density at radius 2 is 2.08 bits per heavy atom. The smallest absolute Gasteiger partial charge is 0.346 e. The molecule has 8 heteroatoms. The minimum atomic E-state index is -0.912. The third-order valence-electron chi connectivity index (χ3n) is 3.75. The first-order valence-corrected chi connectivity index (χ1v) is 7.70. The van der Waals surface area contributed by atoms with Gasteiger partial charge >= 0.3 is 5.97 Å². The first kappa shape index (κ1) is 17.7. The van der Waals surface area contributed by atoms with Gasteiger partial charge in [-0.05, 0) is 26.2 Å². The van der Waals surface area contributed by atoms with Crippen LogP contribution in [0, 0.1) is 10.1 Å². The Labute approximate surface area is 138 Å². The summed E-state index contributed by atoms with van der Waals surface area (Å²) in [6.45, 7) is 2.03. The van der Waals surface area contributed by atoms with Crippen molar-refractivity contribution in [2.24, 2.45) is 0 Å². The first-order chi connectivity index (χ1) is 11.5. The van der Waals surface area contributed by atoms with E-state index in [1.807, 2.05) is 0 Å². The van der Waals surface area contributed by atoms with Crippen LogP contribution in [0.25, 0.3) is 0 Å². The number of rotatable bonds is 6. The highest BCUT2D eigenvalue weighted by atomic mass is 16.6. The number of nitro groups is 1. The number of nitro benzene ring substituents is 1. The lowest BCUT2D eigenvalue weighted by Gasteiger charge is -2.20. The van der Waals surface area contributed by atoms with E-state index in [2.05, 4.69) is 0 Å². The number of carbonyl (C=O) groups is 2. The van der Waals surface area contributed by atoms with Crippen LogP contribution in [0.4, 0.5) is 5.69 Å². The molecular formula is C16H19NO7. The number of esters is 1. The number of ketones is 1. The normalized spacial score (nSPS) is 17.2. The molecule has 24 heavy (non-hydrogen) atoms. The van der Waals surface area contributed by atoms with Crippen LogP contribution in [0.5, 0.6) is 11.5 Å². The zero-order chi connectivity index (χ0) is 17.7. The van der Waals surface area contributed by atoms with Crippen LogP contribution in [0.15, 0.2) is 12.1 Å². The number of carbonyl (C=O) groups excluding carboxylic acids is 2. The largest absolute Gasteiger partial charge is 0.493 e. The lowest BCUT2D eigenvalue weighted by atomic mass is 9.96. The van der Waals surface area contributed by atoms with Crippen molar-refractivity contribution < 1.29 is 28.7 Å². The Morgan fingerprint density at radius 1 is 1.33 bits per heavy atom. The number of hydrogen-bond acceptors (Lipinski definition) is 7. The molecule has 130 valence electrons. The fourth-order valence-electron chi connectivity index (χ4n) is 2.56. The zero-order valence-electron chi connectivity index (χ0n) is 13.6. The molecule has 1 aromatic rings. The molecule has 0 unspecified atom stereocenters. The number of benzene rings is 1. The highest BCUT2D eigenvalue weighted by molar-refractivity contribution is 5.97. The van der Waals surface area contributed by atoms with Gasteiger partial charge in [0.2, 0.25) is 0 Å². The molecule has 1 aromatic carbocycles. The predicted octanol–water partition coefficient (Wildman–Crippen LogP) is 2.67. The molecule has 0 aromatic heterocycles. The monoisotopic (exact) mass is 337 g/mol. The quantitative estimate of drug-likeness (QED) is 0.446. The Morgan fingerprint density at radius 3 is 2.67 bits per heavy atom. The van der Waals surface area contributed by atoms with E-state index in [1.54, 1.807) is 6.92 Å². The molecule has 1 saturated carbocycles. The summed E-state index contributed by atoms with van der Waals surface area (Å²) in [5.74, 6) is -0.720. The van der Waals surface area contributed by atoms with Crippen molar-refractivity contribution in [1.82, 2.24) is 0 Å². The van der Waals surface area contributed by atoms with Crippen LogP contribution < -0.4 is 9.47 Å². The average molecular weight is 337 g/mol. The van der Waals surface area contributed by atoms with Gasteiger partial charge in [-0.1, -0.05) is 0 Å². The lowest BCUT2D eigenvalue weighted by molar-refractivity contribution is -0.385. The van der Waals surface area contributed by atoms with E-state index in [0.29, 0.717) is 19.4 Å². The van der Waals surface area contributed by atoms with Crippen LogP contribution >= 0.6 is 0 Å². The molecule has 1 fully saturated rings. The van der Waals surface area contributed by atoms with Crippen molar-refractivity contribution in [3.63, 3.8) is 0 Å². The van der Waals surface area contributed by atoms with Crippen molar-refractivity contribution >= 4 is 17.4 Å². The second-order valence-corrected chi connectivity index (χ2v) is 5.32. The summed E-state index contributed by atoms with van der Waals surface area (Å²) in [5.41, 5.74) is -0.716. The second-order valence-electron chi connectivity index (χ2n) is 5.32. The van der Waals surface area contributed by atoms with Gasteiger partial charge in [0.25, 0.3) is 5.69 Å². The molecule has 1 atom stereocenters. The Bertz CT molecular complexity index is 656. The van der Waals surface area contributed by atoms with E-state index < -0.39 is 22.7 Å². The molecule has 0 spiro atoms. The number of methoxy groups -OCH3 is 1. The zero-order valence-corrected chi connectivity index (χ0v) is 13.6. The Balaban J connectivity index is 2.35. The van der Waals surface area contributed by atoms with Crippen LogP contribution in [0.2, 0.25) is 0 Å². The maximum absolute atomic E-state index is 12.4. The van der Waals surface area contributed by atoms with E-state index in [-0.39, 0.29) is 22.8 Å². The minimum absolute atomic E-state index is 0.147. The standard InChI is InChI=1S/C16H19NO7/c1-3-23-15-8-10(11(17(20)21)9-14(15)22-2)16(19)24-13-7-5-4-6-12(13)18/h8-9,13H,3-7H2,1-2H3/t13-/m1/s1. The molecule has 8 nitrogen and oxygen atoms in total. The summed E-state index contributed by atoms with van der Waals surface area (Å²) in [5, 5.41) is 11.3. The predicted molar refractivity (Wildman–Crippen MR) is 83.5 cm³/mol. The van der Waals surface area contributed by atoms with Gasteiger partial charge < -0.3 is 14.2 Å². The van der Waals surface area contributed by atoms with Gasteiger partial charge in [-0.15, -0.1) is 0 Å². The van der Waals surface area contributed by atoms with E-state index in [0.717, 1.165) is 18.9 Å². The summed E-state index contributed by atoms with van der Waals surface area (Å²) in [4.78, 5) is 34.7. The molecule has 1 aliphatic carbocycles. The van der Waals surface area contributed by atoms with Crippen molar-refractivity contribution in [2.45, 2.75) is 38.7 Å². The Hall–Kier alpha value is -2.64. The maximum atomic E-state index is 12.4. The van der Waals surface area contributed by atoms with Crippen LogP contribution in [0.3, 0.4) is 0 Å². The van der Waals surface area contributed by atoms with Crippen molar-refractivity contribution in [1.29, 1.82) is 0 Å². The van der Waals surface area contributed by atoms with Crippen LogP contribution in [0.1, 0.15) is 43.0 Å².